The number of nitrogen functional groups attached to an aromatic ring is 1. The average molecular weight is 379 g/mol. The van der Waals surface area contributed by atoms with Gasteiger partial charge in [0.1, 0.15) is 5.84 Å². The molecule has 0 aliphatic carbocycles. The summed E-state index contributed by atoms with van der Waals surface area (Å²) < 4.78 is 0. The van der Waals surface area contributed by atoms with Gasteiger partial charge in [-0.25, -0.2) is 0 Å². The summed E-state index contributed by atoms with van der Waals surface area (Å²) in [5.41, 5.74) is 11.7. The Morgan fingerprint density at radius 1 is 1.11 bits per heavy atom. The summed E-state index contributed by atoms with van der Waals surface area (Å²) in [6.45, 7) is 6.78. The number of hydrogen-bond donors (Lipinski definition) is 3. The van der Waals surface area contributed by atoms with Crippen LogP contribution in [-0.4, -0.2) is 36.3 Å². The highest BCUT2D eigenvalue weighted by Crippen LogP contribution is 2.21. The van der Waals surface area contributed by atoms with Crippen LogP contribution in [0.2, 0.25) is 0 Å². The molecule has 148 valence electrons. The molecule has 5 heteroatoms. The number of benzene rings is 2. The third-order valence-electron chi connectivity index (χ3n) is 5.45. The lowest BCUT2D eigenvalue weighted by Gasteiger charge is -2.18. The number of nitrogens with one attached hydrogen (secondary N) is 2. The number of amides is 1. The van der Waals surface area contributed by atoms with Gasteiger partial charge in [0.25, 0.3) is 5.91 Å². The number of amidine groups is 1. The van der Waals surface area contributed by atoms with E-state index >= 15 is 0 Å². The molecule has 1 aliphatic heterocycles. The quantitative estimate of drug-likeness (QED) is 0.389. The van der Waals surface area contributed by atoms with Crippen LogP contribution in [0.5, 0.6) is 0 Å². The molecular weight excluding hydrogens is 348 g/mol. The summed E-state index contributed by atoms with van der Waals surface area (Å²) in [5.74, 6) is 0.268. The predicted octanol–water partition coefficient (Wildman–Crippen LogP) is 3.87. The number of likely N-dealkylation sites (tertiary alicyclic amines) is 1. The van der Waals surface area contributed by atoms with Gasteiger partial charge in [0.15, 0.2) is 0 Å². The molecule has 3 rings (SSSR count). The number of aryl methyl sites for hydroxylation is 3. The maximum absolute atomic E-state index is 12.7. The molecule has 0 atom stereocenters. The fourth-order valence-electron chi connectivity index (χ4n) is 3.75. The summed E-state index contributed by atoms with van der Waals surface area (Å²) in [5, 5.41) is 10.8. The zero-order valence-corrected chi connectivity index (χ0v) is 16.8. The molecule has 0 unspecified atom stereocenters. The number of hydrogen-bond acceptors (Lipinski definition) is 3. The van der Waals surface area contributed by atoms with Crippen LogP contribution < -0.4 is 11.1 Å². The van der Waals surface area contributed by atoms with Crippen LogP contribution in [0.25, 0.3) is 0 Å². The fourth-order valence-corrected chi connectivity index (χ4v) is 3.75. The van der Waals surface area contributed by atoms with Gasteiger partial charge >= 0.3 is 0 Å². The Kier molecular flexibility index (Phi) is 6.34. The van der Waals surface area contributed by atoms with Crippen molar-refractivity contribution >= 4 is 17.4 Å². The zero-order valence-electron chi connectivity index (χ0n) is 16.8. The number of carbonyl (C=O) groups excluding carboxylic acids is 1. The van der Waals surface area contributed by atoms with Gasteiger partial charge < -0.3 is 16.0 Å². The number of rotatable bonds is 7. The van der Waals surface area contributed by atoms with E-state index in [2.05, 4.69) is 24.4 Å². The van der Waals surface area contributed by atoms with Crippen molar-refractivity contribution in [2.45, 2.75) is 39.5 Å². The largest absolute Gasteiger partial charge is 0.385 e. The molecule has 0 radical (unpaired) electrons. The van der Waals surface area contributed by atoms with Crippen LogP contribution in [0.4, 0.5) is 5.69 Å². The molecule has 4 N–H and O–H groups in total. The van der Waals surface area contributed by atoms with Crippen LogP contribution in [-0.2, 0) is 6.42 Å². The van der Waals surface area contributed by atoms with E-state index in [-0.39, 0.29) is 11.7 Å². The molecule has 0 aromatic heterocycles. The van der Waals surface area contributed by atoms with E-state index in [9.17, 15) is 4.79 Å². The topological polar surface area (TPSA) is 82.2 Å². The Labute approximate surface area is 167 Å². The molecule has 1 amide bonds. The monoisotopic (exact) mass is 378 g/mol. The van der Waals surface area contributed by atoms with E-state index in [1.165, 1.54) is 11.1 Å². The van der Waals surface area contributed by atoms with Crippen molar-refractivity contribution in [3.63, 3.8) is 0 Å². The lowest BCUT2D eigenvalue weighted by atomic mass is 9.96. The Morgan fingerprint density at radius 3 is 2.43 bits per heavy atom. The Bertz CT molecular complexity index is 852. The highest BCUT2D eigenvalue weighted by Gasteiger charge is 2.21. The van der Waals surface area contributed by atoms with Gasteiger partial charge in [0, 0.05) is 36.4 Å². The van der Waals surface area contributed by atoms with Crippen molar-refractivity contribution in [3.8, 4) is 0 Å². The fraction of sp³-hybridized carbons (Fsp3) is 0.391. The zero-order chi connectivity index (χ0) is 20.1. The maximum atomic E-state index is 12.7. The van der Waals surface area contributed by atoms with Crippen molar-refractivity contribution < 1.29 is 4.79 Å². The van der Waals surface area contributed by atoms with Gasteiger partial charge in [-0.3, -0.25) is 10.2 Å². The SMILES string of the molecule is Cc1cc(C(=O)N2CCCC2)c(C)cc1CCCNc1ccc(C(=N)N)cc1. The highest BCUT2D eigenvalue weighted by atomic mass is 16.2. The van der Waals surface area contributed by atoms with Crippen LogP contribution in [0.3, 0.4) is 0 Å². The first-order chi connectivity index (χ1) is 13.5. The van der Waals surface area contributed by atoms with Crippen molar-refractivity contribution in [3.05, 3.63) is 64.2 Å². The van der Waals surface area contributed by atoms with E-state index in [1.807, 2.05) is 36.1 Å². The molecule has 1 saturated heterocycles. The highest BCUT2D eigenvalue weighted by molar-refractivity contribution is 5.96. The third-order valence-corrected chi connectivity index (χ3v) is 5.45. The van der Waals surface area contributed by atoms with E-state index in [0.717, 1.165) is 67.7 Å². The minimum atomic E-state index is 0.0871. The first-order valence-corrected chi connectivity index (χ1v) is 10.0. The van der Waals surface area contributed by atoms with Gasteiger partial charge in [-0.1, -0.05) is 6.07 Å². The Hall–Kier alpha value is -2.82. The van der Waals surface area contributed by atoms with Gasteiger partial charge in [-0.2, -0.15) is 0 Å². The molecule has 0 bridgehead atoms. The molecule has 2 aromatic rings. The van der Waals surface area contributed by atoms with E-state index in [1.54, 1.807) is 0 Å². The van der Waals surface area contributed by atoms with Crippen molar-refractivity contribution in [2.75, 3.05) is 25.0 Å². The number of nitrogens with zero attached hydrogens (tertiary/aromatic N) is 1. The second-order valence-electron chi connectivity index (χ2n) is 7.61. The average Bonchev–Trinajstić information content (AvgIpc) is 3.22. The Balaban J connectivity index is 1.55. The predicted molar refractivity (Wildman–Crippen MR) is 115 cm³/mol. The standard InChI is InChI=1S/C23H30N4O/c1-16-15-21(23(28)27-12-3-4-13-27)17(2)14-19(16)6-5-11-26-20-9-7-18(8-10-20)22(24)25/h7-10,14-15,26H,3-6,11-13H2,1-2H3,(H3,24,25). The second kappa shape index (κ2) is 8.91. The number of carbonyl (C=O) groups is 1. The summed E-state index contributed by atoms with van der Waals surface area (Å²) in [4.78, 5) is 14.7. The molecule has 0 saturated carbocycles. The van der Waals surface area contributed by atoms with Crippen molar-refractivity contribution in [1.29, 1.82) is 5.41 Å². The van der Waals surface area contributed by atoms with Crippen LogP contribution in [0.1, 0.15) is 51.9 Å². The van der Waals surface area contributed by atoms with Crippen LogP contribution >= 0.6 is 0 Å². The van der Waals surface area contributed by atoms with Gasteiger partial charge in [-0.15, -0.1) is 0 Å². The molecule has 1 aliphatic rings. The first kappa shape index (κ1) is 19.9. The molecule has 1 fully saturated rings. The van der Waals surface area contributed by atoms with E-state index in [0.29, 0.717) is 0 Å². The lowest BCUT2D eigenvalue weighted by Crippen LogP contribution is -2.28. The maximum Gasteiger partial charge on any atom is 0.254 e. The summed E-state index contributed by atoms with van der Waals surface area (Å²) in [6.07, 6.45) is 4.22. The molecule has 28 heavy (non-hydrogen) atoms. The van der Waals surface area contributed by atoms with Crippen LogP contribution in [0, 0.1) is 19.3 Å². The number of anilines is 1. The van der Waals surface area contributed by atoms with Crippen molar-refractivity contribution in [2.24, 2.45) is 5.73 Å². The minimum Gasteiger partial charge on any atom is -0.385 e. The summed E-state index contributed by atoms with van der Waals surface area (Å²) >= 11 is 0. The normalized spacial score (nSPS) is 13.6. The summed E-state index contributed by atoms with van der Waals surface area (Å²) in [7, 11) is 0. The molecular formula is C23H30N4O. The molecule has 1 heterocycles. The minimum absolute atomic E-state index is 0.0871. The molecule has 2 aromatic carbocycles. The molecule has 5 nitrogen and oxygen atoms in total. The van der Waals surface area contributed by atoms with E-state index < -0.39 is 0 Å². The van der Waals surface area contributed by atoms with Crippen molar-refractivity contribution in [1.82, 2.24) is 4.90 Å². The first-order valence-electron chi connectivity index (χ1n) is 10.0. The van der Waals surface area contributed by atoms with Gasteiger partial charge in [-0.05, 0) is 86.6 Å². The van der Waals surface area contributed by atoms with E-state index in [4.69, 9.17) is 11.1 Å². The van der Waals surface area contributed by atoms with Gasteiger partial charge in [0.05, 0.1) is 0 Å². The smallest absolute Gasteiger partial charge is 0.254 e. The summed E-state index contributed by atoms with van der Waals surface area (Å²) in [6, 6.07) is 11.9. The lowest BCUT2D eigenvalue weighted by molar-refractivity contribution is 0.0792. The third kappa shape index (κ3) is 4.71. The number of nitrogens with two attached hydrogens (primary N) is 1. The van der Waals surface area contributed by atoms with Crippen LogP contribution in [0.15, 0.2) is 36.4 Å². The molecule has 0 spiro atoms. The second-order valence-corrected chi connectivity index (χ2v) is 7.61. The van der Waals surface area contributed by atoms with Gasteiger partial charge in [0.2, 0.25) is 0 Å². The Morgan fingerprint density at radius 2 is 1.79 bits per heavy atom.